The molecule has 0 saturated carbocycles. The lowest BCUT2D eigenvalue weighted by Gasteiger charge is -2.25. The molecule has 2 amide bonds. The fraction of sp³-hybridized carbons (Fsp3) is 0.400. The Bertz CT molecular complexity index is 950. The smallest absolute Gasteiger partial charge is 0.278 e. The number of fused-ring (bicyclic) bond motifs is 5. The molecule has 5 atom stereocenters. The third kappa shape index (κ3) is 2.76. The van der Waals surface area contributed by atoms with Crippen molar-refractivity contribution in [2.24, 2.45) is 11.8 Å². The lowest BCUT2D eigenvalue weighted by Crippen LogP contribution is -2.36. The van der Waals surface area contributed by atoms with Crippen molar-refractivity contribution < 1.29 is 28.7 Å². The number of amides is 2. The van der Waals surface area contributed by atoms with Gasteiger partial charge in [-0.05, 0) is 13.0 Å². The van der Waals surface area contributed by atoms with Gasteiger partial charge in [0.1, 0.15) is 6.61 Å². The summed E-state index contributed by atoms with van der Waals surface area (Å²) in [4.78, 5) is 38.2. The van der Waals surface area contributed by atoms with Gasteiger partial charge in [0, 0.05) is 0 Å². The fourth-order valence-electron chi connectivity index (χ4n) is 4.30. The molecule has 0 radical (unpaired) electrons. The van der Waals surface area contributed by atoms with Gasteiger partial charge in [-0.3, -0.25) is 24.6 Å². The maximum atomic E-state index is 13.0. The van der Waals surface area contributed by atoms with Crippen LogP contribution in [0.25, 0.3) is 0 Å². The second-order valence-corrected chi connectivity index (χ2v) is 7.04. The van der Waals surface area contributed by atoms with E-state index in [1.807, 2.05) is 0 Å². The van der Waals surface area contributed by atoms with Crippen molar-refractivity contribution in [3.63, 3.8) is 0 Å². The summed E-state index contributed by atoms with van der Waals surface area (Å²) in [5.74, 6) is 0.678. The molecule has 0 aromatic heterocycles. The summed E-state index contributed by atoms with van der Waals surface area (Å²) in [6, 6.07) is 1.74. The molecule has 2 bridgehead atoms. The van der Waals surface area contributed by atoms with Gasteiger partial charge in [-0.2, -0.15) is 0 Å². The Labute approximate surface area is 166 Å². The minimum Gasteiger partial charge on any atom is -0.493 e. The Morgan fingerprint density at radius 3 is 2.38 bits per heavy atom. The van der Waals surface area contributed by atoms with Crippen LogP contribution in [0.4, 0.5) is 5.69 Å². The van der Waals surface area contributed by atoms with Crippen LogP contribution in [0.5, 0.6) is 11.5 Å². The van der Waals surface area contributed by atoms with Crippen LogP contribution in [0.15, 0.2) is 24.3 Å². The highest BCUT2D eigenvalue weighted by Crippen LogP contribution is 2.48. The number of nitro benzene ring substituents is 1. The number of imide groups is 1. The first-order valence-electron chi connectivity index (χ1n) is 9.02. The third-order valence-electron chi connectivity index (χ3n) is 5.60. The van der Waals surface area contributed by atoms with Crippen LogP contribution in [-0.2, 0) is 14.3 Å². The van der Waals surface area contributed by atoms with Gasteiger partial charge in [0.05, 0.1) is 53.7 Å². The van der Waals surface area contributed by atoms with E-state index >= 15 is 0 Å². The van der Waals surface area contributed by atoms with Crippen molar-refractivity contribution in [1.82, 2.24) is 4.90 Å². The summed E-state index contributed by atoms with van der Waals surface area (Å²) < 4.78 is 16.2. The van der Waals surface area contributed by atoms with Crippen molar-refractivity contribution >= 4 is 17.5 Å². The zero-order valence-electron chi connectivity index (χ0n) is 15.7. The summed E-state index contributed by atoms with van der Waals surface area (Å²) in [7, 11) is 1.38. The number of ether oxygens (including phenoxy) is 3. The molecule has 1 aromatic carbocycles. The largest absolute Gasteiger partial charge is 0.493 e. The van der Waals surface area contributed by atoms with E-state index in [2.05, 4.69) is 5.92 Å². The van der Waals surface area contributed by atoms with Crippen LogP contribution >= 0.6 is 0 Å². The molecule has 3 heterocycles. The molecule has 5 unspecified atom stereocenters. The molecule has 0 spiro atoms. The highest BCUT2D eigenvalue weighted by molar-refractivity contribution is 6.07. The zero-order valence-corrected chi connectivity index (χ0v) is 15.7. The standard InChI is InChI=1S/C20H18N2O7/c1-4-7-28-16-9-12(22(25)26)11(8-15(16)27-3)10(2)21-19(23)17-13-5-6-14(29-13)18(17)20(21)24/h1,5-6,8-10,13-14,17-18H,7H2,2-3H3. The number of carbonyl (C=O) groups excluding carboxylic acids is 2. The number of nitrogens with zero attached hydrogens (tertiary/aromatic N) is 2. The number of hydrogen-bond acceptors (Lipinski definition) is 7. The van der Waals surface area contributed by atoms with E-state index < -0.39 is 35.0 Å². The van der Waals surface area contributed by atoms with Crippen LogP contribution < -0.4 is 9.47 Å². The van der Waals surface area contributed by atoms with Crippen LogP contribution in [0.2, 0.25) is 0 Å². The molecular formula is C20H18N2O7. The fourth-order valence-corrected chi connectivity index (χ4v) is 4.30. The number of terminal acetylenes is 1. The number of likely N-dealkylation sites (tertiary alicyclic amines) is 1. The number of nitro groups is 1. The molecular weight excluding hydrogens is 380 g/mol. The van der Waals surface area contributed by atoms with E-state index in [9.17, 15) is 19.7 Å². The van der Waals surface area contributed by atoms with Crippen LogP contribution in [-0.4, -0.2) is 47.6 Å². The SMILES string of the molecule is C#CCOc1cc([N+](=O)[O-])c(C(C)N2C(=O)C3C4C=CC(O4)C3C2=O)cc1OC. The second-order valence-electron chi connectivity index (χ2n) is 7.04. The van der Waals surface area contributed by atoms with Gasteiger partial charge in [-0.1, -0.05) is 18.1 Å². The molecule has 29 heavy (non-hydrogen) atoms. The normalized spacial score (nSPS) is 27.7. The lowest BCUT2D eigenvalue weighted by atomic mass is 9.85. The molecule has 0 N–H and O–H groups in total. The van der Waals surface area contributed by atoms with Gasteiger partial charge in [-0.15, -0.1) is 6.42 Å². The molecule has 2 saturated heterocycles. The highest BCUT2D eigenvalue weighted by Gasteiger charge is 2.61. The van der Waals surface area contributed by atoms with Crippen molar-refractivity contribution in [3.05, 3.63) is 40.0 Å². The van der Waals surface area contributed by atoms with Crippen molar-refractivity contribution in [2.45, 2.75) is 25.2 Å². The average molecular weight is 398 g/mol. The van der Waals surface area contributed by atoms with Crippen LogP contribution in [0.1, 0.15) is 18.5 Å². The van der Waals surface area contributed by atoms with Crippen LogP contribution in [0.3, 0.4) is 0 Å². The van der Waals surface area contributed by atoms with E-state index in [1.54, 1.807) is 19.1 Å². The summed E-state index contributed by atoms with van der Waals surface area (Å²) in [5, 5.41) is 11.7. The van der Waals surface area contributed by atoms with E-state index in [0.29, 0.717) is 0 Å². The maximum Gasteiger partial charge on any atom is 0.278 e. The molecule has 1 aromatic rings. The van der Waals surface area contributed by atoms with E-state index in [1.165, 1.54) is 19.2 Å². The number of hydrogen-bond donors (Lipinski definition) is 0. The Kier molecular flexibility index (Phi) is 4.51. The van der Waals surface area contributed by atoms with Gasteiger partial charge < -0.3 is 14.2 Å². The molecule has 0 aliphatic carbocycles. The molecule has 9 heteroatoms. The Morgan fingerprint density at radius 2 is 1.86 bits per heavy atom. The summed E-state index contributed by atoms with van der Waals surface area (Å²) in [6.45, 7) is 1.49. The van der Waals surface area contributed by atoms with Crippen molar-refractivity contribution in [3.8, 4) is 23.8 Å². The summed E-state index contributed by atoms with van der Waals surface area (Å²) in [6.07, 6.45) is 7.90. The quantitative estimate of drug-likeness (QED) is 0.235. The summed E-state index contributed by atoms with van der Waals surface area (Å²) in [5.41, 5.74) is -0.122. The van der Waals surface area contributed by atoms with E-state index in [-0.39, 0.29) is 41.2 Å². The molecule has 3 aliphatic rings. The Balaban J connectivity index is 1.72. The molecule has 3 aliphatic heterocycles. The van der Waals surface area contributed by atoms with Gasteiger partial charge in [-0.25, -0.2) is 0 Å². The molecule has 150 valence electrons. The topological polar surface area (TPSA) is 108 Å². The van der Waals surface area contributed by atoms with Gasteiger partial charge >= 0.3 is 0 Å². The number of carbonyl (C=O) groups is 2. The van der Waals surface area contributed by atoms with Crippen molar-refractivity contribution in [1.29, 1.82) is 0 Å². The van der Waals surface area contributed by atoms with E-state index in [4.69, 9.17) is 20.6 Å². The minimum absolute atomic E-state index is 0.0926. The molecule has 2 fully saturated rings. The predicted molar refractivity (Wildman–Crippen MR) is 99.0 cm³/mol. The minimum atomic E-state index is -0.865. The highest BCUT2D eigenvalue weighted by atomic mass is 16.6. The summed E-state index contributed by atoms with van der Waals surface area (Å²) >= 11 is 0. The van der Waals surface area contributed by atoms with E-state index in [0.717, 1.165) is 4.90 Å². The van der Waals surface area contributed by atoms with Gasteiger partial charge in [0.25, 0.3) is 5.69 Å². The average Bonchev–Trinajstić information content (AvgIpc) is 3.38. The molecule has 9 nitrogen and oxygen atoms in total. The predicted octanol–water partition coefficient (Wildman–Crippen LogP) is 1.61. The third-order valence-corrected chi connectivity index (χ3v) is 5.60. The number of benzene rings is 1. The monoisotopic (exact) mass is 398 g/mol. The zero-order chi connectivity index (χ0) is 20.9. The second kappa shape index (κ2) is 6.90. The number of methoxy groups -OCH3 is 1. The first kappa shape index (κ1) is 19.0. The van der Waals surface area contributed by atoms with Gasteiger partial charge in [0.2, 0.25) is 11.8 Å². The lowest BCUT2D eigenvalue weighted by molar-refractivity contribution is -0.385. The van der Waals surface area contributed by atoms with Crippen LogP contribution in [0, 0.1) is 34.3 Å². The first-order chi connectivity index (χ1) is 13.9. The van der Waals surface area contributed by atoms with Crippen molar-refractivity contribution in [2.75, 3.05) is 13.7 Å². The first-order valence-corrected chi connectivity index (χ1v) is 9.02. The molecule has 4 rings (SSSR count). The number of rotatable bonds is 6. The Morgan fingerprint density at radius 1 is 1.24 bits per heavy atom. The van der Waals surface area contributed by atoms with Gasteiger partial charge in [0.15, 0.2) is 11.5 Å². The maximum absolute atomic E-state index is 13.0. The Hall–Kier alpha value is -3.38.